The van der Waals surface area contributed by atoms with Gasteiger partial charge in [-0.3, -0.25) is 0 Å². The number of aromatic nitrogens is 3. The van der Waals surface area contributed by atoms with Gasteiger partial charge >= 0.3 is 0 Å². The summed E-state index contributed by atoms with van der Waals surface area (Å²) in [7, 11) is 0. The highest BCUT2D eigenvalue weighted by molar-refractivity contribution is 7.16. The van der Waals surface area contributed by atoms with Crippen LogP contribution in [0.5, 0.6) is 0 Å². The highest BCUT2D eigenvalue weighted by Crippen LogP contribution is 2.34. The van der Waals surface area contributed by atoms with Crippen LogP contribution in [0, 0.1) is 0 Å². The molecule has 25 heavy (non-hydrogen) atoms. The van der Waals surface area contributed by atoms with E-state index in [-0.39, 0.29) is 0 Å². The van der Waals surface area contributed by atoms with Gasteiger partial charge in [-0.2, -0.15) is 0 Å². The molecule has 2 aliphatic heterocycles. The van der Waals surface area contributed by atoms with Crippen LogP contribution >= 0.6 is 22.9 Å². The highest BCUT2D eigenvalue weighted by Gasteiger charge is 2.22. The van der Waals surface area contributed by atoms with Crippen LogP contribution in [0.4, 0.5) is 0 Å². The minimum Gasteiger partial charge on any atom is -0.315 e. The number of rotatable bonds is 5. The van der Waals surface area contributed by atoms with Crippen LogP contribution in [-0.2, 0) is 19.4 Å². The minimum absolute atomic E-state index is 0.709. The zero-order chi connectivity index (χ0) is 17.1. The van der Waals surface area contributed by atoms with Gasteiger partial charge in [0, 0.05) is 24.3 Å². The van der Waals surface area contributed by atoms with Crippen molar-refractivity contribution < 1.29 is 0 Å². The molecule has 0 unspecified atom stereocenters. The highest BCUT2D eigenvalue weighted by atomic mass is 35.5. The van der Waals surface area contributed by atoms with Crippen LogP contribution < -0.4 is 0 Å². The summed E-state index contributed by atoms with van der Waals surface area (Å²) in [5.74, 6) is 3.13. The lowest BCUT2D eigenvalue weighted by molar-refractivity contribution is 0.211. The molecule has 1 fully saturated rings. The normalized spacial score (nSPS) is 19.7. The Bertz CT molecular complexity index is 687. The van der Waals surface area contributed by atoms with Crippen LogP contribution in [0.2, 0.25) is 4.34 Å². The maximum Gasteiger partial charge on any atom is 0.133 e. The first kappa shape index (κ1) is 17.5. The van der Waals surface area contributed by atoms with E-state index in [4.69, 9.17) is 11.6 Å². The molecule has 0 atom stereocenters. The van der Waals surface area contributed by atoms with Gasteiger partial charge in [0.05, 0.1) is 4.34 Å². The number of nitrogens with zero attached hydrogens (tertiary/aromatic N) is 4. The van der Waals surface area contributed by atoms with Gasteiger partial charge in [0.1, 0.15) is 11.6 Å². The molecule has 136 valence electrons. The summed E-state index contributed by atoms with van der Waals surface area (Å²) in [6.07, 6.45) is 9.75. The van der Waals surface area contributed by atoms with Crippen molar-refractivity contribution in [3.05, 3.63) is 33.0 Å². The molecule has 0 aliphatic carbocycles. The van der Waals surface area contributed by atoms with E-state index in [2.05, 4.69) is 25.7 Å². The van der Waals surface area contributed by atoms with Crippen LogP contribution in [0.1, 0.15) is 61.0 Å². The summed E-state index contributed by atoms with van der Waals surface area (Å²) in [6.45, 7) is 4.71. The van der Waals surface area contributed by atoms with E-state index in [9.17, 15) is 0 Å². The molecule has 4 nitrogen and oxygen atoms in total. The van der Waals surface area contributed by atoms with E-state index in [1.807, 2.05) is 6.07 Å². The fraction of sp³-hybridized carbons (Fsp3) is 0.684. The van der Waals surface area contributed by atoms with Crippen molar-refractivity contribution in [1.29, 1.82) is 0 Å². The Labute approximate surface area is 159 Å². The van der Waals surface area contributed by atoms with Crippen LogP contribution in [0.15, 0.2) is 12.1 Å². The average Bonchev–Trinajstić information content (AvgIpc) is 3.15. The van der Waals surface area contributed by atoms with Crippen LogP contribution in [0.3, 0.4) is 0 Å². The topological polar surface area (TPSA) is 34.0 Å². The maximum atomic E-state index is 6.08. The summed E-state index contributed by atoms with van der Waals surface area (Å²) in [5, 5.41) is 8.88. The van der Waals surface area contributed by atoms with Crippen molar-refractivity contribution in [1.82, 2.24) is 19.7 Å². The first-order chi connectivity index (χ1) is 12.3. The van der Waals surface area contributed by atoms with Crippen molar-refractivity contribution in [3.8, 4) is 0 Å². The Balaban J connectivity index is 1.23. The zero-order valence-corrected chi connectivity index (χ0v) is 16.4. The second-order valence-corrected chi connectivity index (χ2v) is 9.10. The lowest BCUT2D eigenvalue weighted by Crippen LogP contribution is -2.33. The third kappa shape index (κ3) is 4.26. The summed E-state index contributed by atoms with van der Waals surface area (Å²) in [6, 6.07) is 4.25. The maximum absolute atomic E-state index is 6.08. The molecule has 0 radical (unpaired) electrons. The van der Waals surface area contributed by atoms with Crippen molar-refractivity contribution in [2.45, 2.75) is 63.8 Å². The predicted octanol–water partition coefficient (Wildman–Crippen LogP) is 4.53. The predicted molar refractivity (Wildman–Crippen MR) is 104 cm³/mol. The molecule has 0 spiro atoms. The lowest BCUT2D eigenvalue weighted by atomic mass is 9.95. The van der Waals surface area contributed by atoms with E-state index in [1.165, 1.54) is 74.7 Å². The van der Waals surface area contributed by atoms with Gasteiger partial charge in [-0.05, 0) is 69.8 Å². The first-order valence-electron chi connectivity index (χ1n) is 9.68. The third-order valence-corrected chi connectivity index (χ3v) is 7.04. The van der Waals surface area contributed by atoms with Crippen molar-refractivity contribution in [2.75, 3.05) is 19.6 Å². The van der Waals surface area contributed by atoms with Crippen molar-refractivity contribution in [3.63, 3.8) is 0 Å². The number of halogens is 1. The summed E-state index contributed by atoms with van der Waals surface area (Å²) in [5.41, 5.74) is 0. The second kappa shape index (κ2) is 8.19. The van der Waals surface area contributed by atoms with E-state index < -0.39 is 0 Å². The molecule has 0 bridgehead atoms. The van der Waals surface area contributed by atoms with E-state index in [0.29, 0.717) is 5.92 Å². The summed E-state index contributed by atoms with van der Waals surface area (Å²) < 4.78 is 3.31. The fourth-order valence-corrected chi connectivity index (χ4v) is 5.41. The molecule has 0 N–H and O–H groups in total. The SMILES string of the molecule is Clc1ccc(C2CCN(CCCc3nnc4n3CCCCC4)CC2)s1. The number of likely N-dealkylation sites (tertiary alicyclic amines) is 1. The molecule has 4 heterocycles. The zero-order valence-electron chi connectivity index (χ0n) is 14.8. The van der Waals surface area contributed by atoms with Gasteiger partial charge in [0.2, 0.25) is 0 Å². The molecule has 1 saturated heterocycles. The van der Waals surface area contributed by atoms with Gasteiger partial charge in [-0.15, -0.1) is 21.5 Å². The van der Waals surface area contributed by atoms with Gasteiger partial charge in [0.15, 0.2) is 0 Å². The lowest BCUT2D eigenvalue weighted by Gasteiger charge is -2.31. The number of hydrogen-bond acceptors (Lipinski definition) is 4. The van der Waals surface area contributed by atoms with E-state index in [0.717, 1.165) is 23.7 Å². The number of fused-ring (bicyclic) bond motifs is 1. The summed E-state index contributed by atoms with van der Waals surface area (Å²) in [4.78, 5) is 4.08. The molecule has 0 aromatic carbocycles. The number of piperidine rings is 1. The largest absolute Gasteiger partial charge is 0.315 e. The molecule has 0 saturated carbocycles. The number of aryl methyl sites for hydroxylation is 2. The summed E-state index contributed by atoms with van der Waals surface area (Å²) >= 11 is 7.84. The Morgan fingerprint density at radius 1 is 1.08 bits per heavy atom. The van der Waals surface area contributed by atoms with Gasteiger partial charge in [-0.25, -0.2) is 0 Å². The van der Waals surface area contributed by atoms with Gasteiger partial charge in [0.25, 0.3) is 0 Å². The molecule has 4 rings (SSSR count). The molecule has 2 aromatic rings. The number of hydrogen-bond donors (Lipinski definition) is 0. The van der Waals surface area contributed by atoms with Gasteiger partial charge < -0.3 is 9.47 Å². The fourth-order valence-electron chi connectivity index (χ4n) is 4.18. The third-order valence-electron chi connectivity index (χ3n) is 5.64. The molecule has 6 heteroatoms. The quantitative estimate of drug-likeness (QED) is 0.766. The van der Waals surface area contributed by atoms with Crippen LogP contribution in [0.25, 0.3) is 0 Å². The van der Waals surface area contributed by atoms with E-state index in [1.54, 1.807) is 11.3 Å². The Kier molecular flexibility index (Phi) is 5.73. The standard InChI is InChI=1S/C19H27ClN4S/c20-17-8-7-16(25-17)15-9-13-23(14-10-15)11-4-6-19-22-21-18-5-2-1-3-12-24(18)19/h7-8,15H,1-6,9-14H2. The Morgan fingerprint density at radius 3 is 2.76 bits per heavy atom. The molecular formula is C19H27ClN4S. The van der Waals surface area contributed by atoms with Crippen molar-refractivity contribution in [2.24, 2.45) is 0 Å². The van der Waals surface area contributed by atoms with Gasteiger partial charge in [-0.1, -0.05) is 18.0 Å². The first-order valence-corrected chi connectivity index (χ1v) is 10.9. The van der Waals surface area contributed by atoms with Crippen LogP contribution in [-0.4, -0.2) is 39.3 Å². The Hall–Kier alpha value is -0.910. The molecule has 2 aliphatic rings. The minimum atomic E-state index is 0.709. The molecule has 2 aromatic heterocycles. The molecule has 0 amide bonds. The number of thiophene rings is 1. The monoisotopic (exact) mass is 378 g/mol. The van der Waals surface area contributed by atoms with Crippen molar-refractivity contribution >= 4 is 22.9 Å². The molecular weight excluding hydrogens is 352 g/mol. The Morgan fingerprint density at radius 2 is 1.96 bits per heavy atom. The average molecular weight is 379 g/mol. The smallest absolute Gasteiger partial charge is 0.133 e. The second-order valence-electron chi connectivity index (χ2n) is 7.36. The van der Waals surface area contributed by atoms with E-state index >= 15 is 0 Å².